The number of nitrogens with zero attached hydrogens (tertiary/aromatic N) is 5. The van der Waals surface area contributed by atoms with E-state index in [9.17, 15) is 14.9 Å². The average Bonchev–Trinajstić information content (AvgIpc) is 3.34. The molecule has 1 amide bonds. The van der Waals surface area contributed by atoms with Crippen LogP contribution in [-0.2, 0) is 0 Å². The predicted molar refractivity (Wildman–Crippen MR) is 110 cm³/mol. The van der Waals surface area contributed by atoms with Crippen molar-refractivity contribution in [2.24, 2.45) is 11.3 Å². The molecule has 0 atom stereocenters. The monoisotopic (exact) mass is 410 g/mol. The fourth-order valence-electron chi connectivity index (χ4n) is 3.86. The molecule has 9 heteroatoms. The molecule has 3 aromatic rings. The van der Waals surface area contributed by atoms with Gasteiger partial charge in [-0.2, -0.15) is 10.4 Å². The lowest BCUT2D eigenvalue weighted by Gasteiger charge is -2.37. The van der Waals surface area contributed by atoms with Gasteiger partial charge in [0.1, 0.15) is 4.70 Å². The van der Waals surface area contributed by atoms with Gasteiger partial charge in [-0.1, -0.05) is 0 Å². The Morgan fingerprint density at radius 1 is 1.38 bits per heavy atom. The zero-order chi connectivity index (χ0) is 20.8. The molecule has 0 aliphatic carbocycles. The van der Waals surface area contributed by atoms with E-state index in [0.29, 0.717) is 40.5 Å². The maximum Gasteiger partial charge on any atom is 0.270 e. The minimum atomic E-state index is -0.381. The number of fused-ring (bicyclic) bond motifs is 1. The molecule has 0 bridgehead atoms. The lowest BCUT2D eigenvalue weighted by atomic mass is 9.75. The summed E-state index contributed by atoms with van der Waals surface area (Å²) in [4.78, 5) is 34.3. The summed E-state index contributed by atoms with van der Waals surface area (Å²) in [5.41, 5.74) is 1.14. The minimum Gasteiger partial charge on any atom is -0.339 e. The van der Waals surface area contributed by atoms with Crippen LogP contribution in [0.3, 0.4) is 0 Å². The van der Waals surface area contributed by atoms with Gasteiger partial charge in [-0.25, -0.2) is 9.67 Å². The number of thiophene rings is 1. The maximum absolute atomic E-state index is 13.0. The van der Waals surface area contributed by atoms with E-state index in [0.717, 1.165) is 12.8 Å². The molecule has 150 valence electrons. The van der Waals surface area contributed by atoms with E-state index < -0.39 is 0 Å². The highest BCUT2D eigenvalue weighted by Crippen LogP contribution is 2.34. The zero-order valence-corrected chi connectivity index (χ0v) is 17.4. The number of nitriles is 1. The number of nitrogens with one attached hydrogen (secondary N) is 1. The predicted octanol–water partition coefficient (Wildman–Crippen LogP) is 2.88. The highest BCUT2D eigenvalue weighted by molar-refractivity contribution is 7.17. The maximum atomic E-state index is 13.0. The second kappa shape index (κ2) is 7.12. The first-order valence-corrected chi connectivity index (χ1v) is 10.4. The summed E-state index contributed by atoms with van der Waals surface area (Å²) in [6, 6.07) is 4.17. The van der Waals surface area contributed by atoms with Crippen LogP contribution in [0.25, 0.3) is 16.2 Å². The Morgan fingerprint density at radius 2 is 2.10 bits per heavy atom. The number of hydrogen-bond acceptors (Lipinski definition) is 6. The van der Waals surface area contributed by atoms with Crippen molar-refractivity contribution in [1.29, 1.82) is 5.26 Å². The fourth-order valence-corrected chi connectivity index (χ4v) is 4.59. The molecule has 29 heavy (non-hydrogen) atoms. The number of H-pyrrole nitrogens is 1. The van der Waals surface area contributed by atoms with Crippen molar-refractivity contribution in [3.63, 3.8) is 0 Å². The Bertz CT molecular complexity index is 1170. The molecule has 0 unspecified atom stereocenters. The smallest absolute Gasteiger partial charge is 0.270 e. The standard InChI is InChI=1S/C20H22N6O2S/c1-12-14(18(28)25-7-4-13(5-8-25)20(2,3)11-21)10-22-26(12)19-23-15-6-9-29-16(15)17(27)24-19/h6,9-10,13H,4-5,7-8H2,1-3H3,(H,23,24,27). The lowest BCUT2D eigenvalue weighted by Crippen LogP contribution is -2.41. The number of likely N-dealkylation sites (tertiary alicyclic amines) is 1. The molecule has 4 heterocycles. The van der Waals surface area contributed by atoms with Crippen molar-refractivity contribution in [2.75, 3.05) is 13.1 Å². The molecule has 1 N–H and O–H groups in total. The number of carbonyl (C=O) groups excluding carboxylic acids is 1. The Morgan fingerprint density at radius 3 is 2.79 bits per heavy atom. The molecule has 1 aliphatic heterocycles. The van der Waals surface area contributed by atoms with Crippen molar-refractivity contribution < 1.29 is 4.79 Å². The highest BCUT2D eigenvalue weighted by atomic mass is 32.1. The Kier molecular flexibility index (Phi) is 4.74. The van der Waals surface area contributed by atoms with Crippen molar-refractivity contribution >= 4 is 27.5 Å². The van der Waals surface area contributed by atoms with Crippen molar-refractivity contribution in [3.8, 4) is 12.0 Å². The van der Waals surface area contributed by atoms with Gasteiger partial charge in [0.15, 0.2) is 0 Å². The number of aromatic amines is 1. The van der Waals surface area contributed by atoms with Crippen LogP contribution in [0.15, 0.2) is 22.4 Å². The van der Waals surface area contributed by atoms with Gasteiger partial charge in [0.2, 0.25) is 5.95 Å². The van der Waals surface area contributed by atoms with Crippen LogP contribution in [0, 0.1) is 29.6 Å². The van der Waals surface area contributed by atoms with Crippen molar-refractivity contribution in [3.05, 3.63) is 39.3 Å². The Balaban J connectivity index is 1.56. The van der Waals surface area contributed by atoms with Gasteiger partial charge in [-0.15, -0.1) is 11.3 Å². The van der Waals surface area contributed by atoms with E-state index in [1.54, 1.807) is 13.0 Å². The number of piperidine rings is 1. The van der Waals surface area contributed by atoms with E-state index >= 15 is 0 Å². The third-order valence-electron chi connectivity index (χ3n) is 5.83. The second-order valence-corrected chi connectivity index (χ2v) is 8.90. The van der Waals surface area contributed by atoms with Crippen LogP contribution in [0.1, 0.15) is 42.7 Å². The molecule has 0 saturated carbocycles. The molecule has 8 nitrogen and oxygen atoms in total. The van der Waals surface area contributed by atoms with Crippen LogP contribution >= 0.6 is 11.3 Å². The van der Waals surface area contributed by atoms with Crippen molar-refractivity contribution in [2.45, 2.75) is 33.6 Å². The summed E-state index contributed by atoms with van der Waals surface area (Å²) in [5.74, 6) is 0.500. The molecule has 1 saturated heterocycles. The van der Waals surface area contributed by atoms with E-state index in [2.05, 4.69) is 21.1 Å². The van der Waals surface area contributed by atoms with Gasteiger partial charge >= 0.3 is 0 Å². The minimum absolute atomic E-state index is 0.0825. The summed E-state index contributed by atoms with van der Waals surface area (Å²) in [6.07, 6.45) is 3.15. The van der Waals surface area contributed by atoms with E-state index in [-0.39, 0.29) is 22.8 Å². The zero-order valence-electron chi connectivity index (χ0n) is 16.6. The fraction of sp³-hybridized carbons (Fsp3) is 0.450. The Labute approximate surface area is 171 Å². The van der Waals surface area contributed by atoms with Crippen LogP contribution in [0.2, 0.25) is 0 Å². The van der Waals surface area contributed by atoms with Crippen LogP contribution < -0.4 is 5.56 Å². The van der Waals surface area contributed by atoms with Gasteiger partial charge < -0.3 is 4.90 Å². The molecule has 1 aliphatic rings. The first kappa shape index (κ1) is 19.3. The number of carbonyl (C=O) groups is 1. The molecule has 1 fully saturated rings. The summed E-state index contributed by atoms with van der Waals surface area (Å²) in [6.45, 7) is 6.96. The van der Waals surface area contributed by atoms with Crippen LogP contribution in [-0.4, -0.2) is 43.6 Å². The number of aromatic nitrogens is 4. The largest absolute Gasteiger partial charge is 0.339 e. The third-order valence-corrected chi connectivity index (χ3v) is 6.74. The van der Waals surface area contributed by atoms with Gasteiger partial charge in [0, 0.05) is 13.1 Å². The molecular formula is C20H22N6O2S. The third kappa shape index (κ3) is 3.34. The SMILES string of the molecule is Cc1c(C(=O)N2CCC(C(C)(C)C#N)CC2)cnn1-c1nc2ccsc2c(=O)[nH]1. The van der Waals surface area contributed by atoms with Gasteiger partial charge in [-0.3, -0.25) is 14.6 Å². The number of hydrogen-bond donors (Lipinski definition) is 1. The number of amides is 1. The summed E-state index contributed by atoms with van der Waals surface area (Å²) >= 11 is 1.34. The first-order valence-electron chi connectivity index (χ1n) is 9.55. The first-order chi connectivity index (χ1) is 13.8. The van der Waals surface area contributed by atoms with Gasteiger partial charge in [0.25, 0.3) is 11.5 Å². The van der Waals surface area contributed by atoms with E-state index in [1.807, 2.05) is 24.1 Å². The van der Waals surface area contributed by atoms with Gasteiger partial charge in [0.05, 0.1) is 34.5 Å². The molecular weight excluding hydrogens is 388 g/mol. The molecule has 3 aromatic heterocycles. The van der Waals surface area contributed by atoms with Crippen LogP contribution in [0.5, 0.6) is 0 Å². The molecule has 0 spiro atoms. The number of rotatable bonds is 3. The normalized spacial score (nSPS) is 15.6. The summed E-state index contributed by atoms with van der Waals surface area (Å²) in [7, 11) is 0. The quantitative estimate of drug-likeness (QED) is 0.714. The molecule has 0 radical (unpaired) electrons. The molecule has 0 aromatic carbocycles. The average molecular weight is 411 g/mol. The Hall–Kier alpha value is -2.99. The summed E-state index contributed by atoms with van der Waals surface area (Å²) < 4.78 is 2.06. The van der Waals surface area contributed by atoms with E-state index in [1.165, 1.54) is 22.2 Å². The highest BCUT2D eigenvalue weighted by Gasteiger charge is 2.34. The van der Waals surface area contributed by atoms with Gasteiger partial charge in [-0.05, 0) is 51.0 Å². The lowest BCUT2D eigenvalue weighted by molar-refractivity contribution is 0.0637. The van der Waals surface area contributed by atoms with Crippen molar-refractivity contribution in [1.82, 2.24) is 24.6 Å². The molecule has 4 rings (SSSR count). The van der Waals surface area contributed by atoms with Crippen LogP contribution in [0.4, 0.5) is 0 Å². The topological polar surface area (TPSA) is 108 Å². The van der Waals surface area contributed by atoms with E-state index in [4.69, 9.17) is 0 Å². The summed E-state index contributed by atoms with van der Waals surface area (Å²) in [5, 5.41) is 15.5. The second-order valence-electron chi connectivity index (χ2n) is 7.98.